The minimum atomic E-state index is -3.45. The van der Waals surface area contributed by atoms with E-state index in [-0.39, 0.29) is 15.9 Å². The number of hydrogen-bond donors (Lipinski definition) is 0. The fourth-order valence-corrected chi connectivity index (χ4v) is 5.16. The van der Waals surface area contributed by atoms with Gasteiger partial charge in [0.05, 0.1) is 0 Å². The van der Waals surface area contributed by atoms with Gasteiger partial charge >= 0.3 is 0 Å². The molecule has 0 aliphatic heterocycles. The molecule has 0 aliphatic rings. The first-order valence-corrected chi connectivity index (χ1v) is 11.9. The molecular weight excluding hydrogens is 335 g/mol. The molecule has 104 valence electrons. The van der Waals surface area contributed by atoms with Gasteiger partial charge in [-0.25, -0.2) is 8.42 Å². The van der Waals surface area contributed by atoms with Gasteiger partial charge in [-0.1, -0.05) is 29.9 Å². The van der Waals surface area contributed by atoms with Crippen LogP contribution in [0.3, 0.4) is 0 Å². The predicted molar refractivity (Wildman–Crippen MR) is 80.3 cm³/mol. The molecule has 1 rings (SSSR count). The molecular formula is C8H14ClN2O3PS3. The van der Waals surface area contributed by atoms with Crippen molar-refractivity contribution in [2.45, 2.75) is 11.9 Å². The van der Waals surface area contributed by atoms with E-state index in [1.165, 1.54) is 23.1 Å². The number of sulfone groups is 1. The Kier molecular flexibility index (Phi) is 5.17. The number of rotatable bonds is 5. The van der Waals surface area contributed by atoms with Gasteiger partial charge in [0.2, 0.25) is 0 Å². The van der Waals surface area contributed by atoms with Crippen LogP contribution < -0.4 is 4.52 Å². The molecule has 0 amide bonds. The van der Waals surface area contributed by atoms with Crippen LogP contribution in [-0.4, -0.2) is 36.9 Å². The van der Waals surface area contributed by atoms with E-state index in [1.54, 1.807) is 0 Å². The maximum atomic E-state index is 11.6. The molecule has 1 atom stereocenters. The summed E-state index contributed by atoms with van der Waals surface area (Å²) in [6.45, 7) is 1.92. The Bertz CT molecular complexity index is 591. The van der Waals surface area contributed by atoms with Crippen molar-refractivity contribution in [3.63, 3.8) is 0 Å². The second kappa shape index (κ2) is 5.71. The predicted octanol–water partition coefficient (Wildman–Crippen LogP) is 2.55. The van der Waals surface area contributed by atoms with E-state index in [9.17, 15) is 8.42 Å². The fraction of sp³-hybridized carbons (Fsp3) is 0.625. The molecule has 1 heterocycles. The molecule has 18 heavy (non-hydrogen) atoms. The van der Waals surface area contributed by atoms with Crippen LogP contribution in [0.25, 0.3) is 0 Å². The summed E-state index contributed by atoms with van der Waals surface area (Å²) in [6, 6.07) is 0. The molecule has 0 aromatic carbocycles. The number of halogens is 1. The van der Waals surface area contributed by atoms with Gasteiger partial charge in [-0.15, -0.1) is 5.10 Å². The lowest BCUT2D eigenvalue weighted by Crippen LogP contribution is -2.05. The third-order valence-corrected chi connectivity index (χ3v) is 10.6. The fourth-order valence-electron chi connectivity index (χ4n) is 1.28. The molecule has 0 fully saturated rings. The van der Waals surface area contributed by atoms with Gasteiger partial charge in [0.15, 0.2) is 20.3 Å². The monoisotopic (exact) mass is 348 g/mol. The maximum Gasteiger partial charge on any atom is 0.257 e. The summed E-state index contributed by atoms with van der Waals surface area (Å²) in [5, 5.41) is 3.93. The van der Waals surface area contributed by atoms with Gasteiger partial charge in [-0.05, 0) is 18.1 Å². The van der Waals surface area contributed by atoms with Crippen LogP contribution in [0, 0.1) is 0 Å². The highest BCUT2D eigenvalue weighted by atomic mass is 35.5. The lowest BCUT2D eigenvalue weighted by atomic mass is 10.7. The Hall–Kier alpha value is 0.250. The molecule has 0 saturated heterocycles. The SMILES string of the molecule is CCP(=S)(Oc1nn(C)c(S(C)(=O)=O)c1Cl)SC. The zero-order valence-corrected chi connectivity index (χ0v) is 14.5. The summed E-state index contributed by atoms with van der Waals surface area (Å²) in [5.41, 5.74) is -2.09. The normalized spacial score (nSPS) is 15.4. The number of aryl methyl sites for hydroxylation is 1. The molecule has 1 aromatic rings. The summed E-state index contributed by atoms with van der Waals surface area (Å²) in [6.07, 6.45) is 3.60. The lowest BCUT2D eigenvalue weighted by molar-refractivity contribution is 0.561. The molecule has 0 radical (unpaired) electrons. The molecule has 0 aliphatic carbocycles. The van der Waals surface area contributed by atoms with Crippen LogP contribution in [0.1, 0.15) is 6.92 Å². The van der Waals surface area contributed by atoms with Crippen LogP contribution >= 0.6 is 28.4 Å². The second-order valence-corrected chi connectivity index (χ2v) is 13.6. The van der Waals surface area contributed by atoms with Crippen LogP contribution in [0.15, 0.2) is 5.03 Å². The Morgan fingerprint density at radius 3 is 2.50 bits per heavy atom. The average Bonchev–Trinajstić information content (AvgIpc) is 2.53. The van der Waals surface area contributed by atoms with Gasteiger partial charge in [-0.2, -0.15) is 0 Å². The first-order valence-electron chi connectivity index (χ1n) is 4.91. The van der Waals surface area contributed by atoms with Crippen molar-refractivity contribution < 1.29 is 12.9 Å². The van der Waals surface area contributed by atoms with Crippen molar-refractivity contribution in [2.75, 3.05) is 18.7 Å². The van der Waals surface area contributed by atoms with Gasteiger partial charge in [0, 0.05) is 19.5 Å². The highest BCUT2D eigenvalue weighted by molar-refractivity contribution is 8.69. The highest BCUT2D eigenvalue weighted by Gasteiger charge is 2.27. The van der Waals surface area contributed by atoms with Gasteiger partial charge in [-0.3, -0.25) is 4.68 Å². The Balaban J connectivity index is 3.27. The van der Waals surface area contributed by atoms with E-state index < -0.39 is 15.3 Å². The Morgan fingerprint density at radius 1 is 1.61 bits per heavy atom. The third kappa shape index (κ3) is 3.42. The molecule has 0 bridgehead atoms. The minimum Gasteiger partial charge on any atom is -0.437 e. The molecule has 5 nitrogen and oxygen atoms in total. The zero-order valence-electron chi connectivity index (χ0n) is 10.4. The second-order valence-electron chi connectivity index (χ2n) is 3.52. The van der Waals surface area contributed by atoms with Crippen LogP contribution in [0.5, 0.6) is 5.88 Å². The lowest BCUT2D eigenvalue weighted by Gasteiger charge is -2.17. The first-order chi connectivity index (χ1) is 8.14. The minimum absolute atomic E-state index is 0.00303. The van der Waals surface area contributed by atoms with Gasteiger partial charge in [0.1, 0.15) is 5.02 Å². The molecule has 1 aromatic heterocycles. The van der Waals surface area contributed by atoms with Crippen molar-refractivity contribution in [1.82, 2.24) is 9.78 Å². The largest absolute Gasteiger partial charge is 0.437 e. The summed E-state index contributed by atoms with van der Waals surface area (Å²) >= 11 is 12.8. The number of hydrogen-bond acceptors (Lipinski definition) is 6. The van der Waals surface area contributed by atoms with E-state index >= 15 is 0 Å². The Morgan fingerprint density at radius 2 is 2.17 bits per heavy atom. The van der Waals surface area contributed by atoms with Crippen molar-refractivity contribution in [3.8, 4) is 5.88 Å². The van der Waals surface area contributed by atoms with E-state index in [0.29, 0.717) is 6.16 Å². The van der Waals surface area contributed by atoms with Crippen LogP contribution in [0.4, 0.5) is 0 Å². The summed E-state index contributed by atoms with van der Waals surface area (Å²) in [4.78, 5) is 0. The molecule has 10 heteroatoms. The van der Waals surface area contributed by atoms with E-state index in [4.69, 9.17) is 27.9 Å². The summed E-state index contributed by atoms with van der Waals surface area (Å²) < 4.78 is 30.0. The Labute approximate surface area is 121 Å². The van der Waals surface area contributed by atoms with Gasteiger partial charge in [0.25, 0.3) is 5.88 Å². The quantitative estimate of drug-likeness (QED) is 0.762. The van der Waals surface area contributed by atoms with E-state index in [1.807, 2.05) is 13.2 Å². The smallest absolute Gasteiger partial charge is 0.257 e. The molecule has 0 spiro atoms. The van der Waals surface area contributed by atoms with E-state index in [2.05, 4.69) is 5.10 Å². The summed E-state index contributed by atoms with van der Waals surface area (Å²) in [7, 11) is -1.95. The summed E-state index contributed by atoms with van der Waals surface area (Å²) in [5.74, 6) is 0.0964. The zero-order chi connectivity index (χ0) is 14.1. The van der Waals surface area contributed by atoms with Crippen molar-refractivity contribution >= 4 is 50.1 Å². The molecule has 0 N–H and O–H groups in total. The highest BCUT2D eigenvalue weighted by Crippen LogP contribution is 2.58. The van der Waals surface area contributed by atoms with Gasteiger partial charge < -0.3 is 4.52 Å². The van der Waals surface area contributed by atoms with E-state index in [0.717, 1.165) is 6.26 Å². The van der Waals surface area contributed by atoms with Crippen molar-refractivity contribution in [1.29, 1.82) is 0 Å². The van der Waals surface area contributed by atoms with Crippen molar-refractivity contribution in [3.05, 3.63) is 5.02 Å². The van der Waals surface area contributed by atoms with Crippen LogP contribution in [-0.2, 0) is 28.7 Å². The molecule has 1 unspecified atom stereocenters. The van der Waals surface area contributed by atoms with Crippen LogP contribution in [0.2, 0.25) is 5.02 Å². The standard InChI is InChI=1S/C8H14ClN2O3PS3/c1-5-15(16,17-3)14-7-6(9)8(11(2)10-7)18(4,12)13/h5H2,1-4H3. The maximum absolute atomic E-state index is 11.6. The molecule has 0 saturated carbocycles. The van der Waals surface area contributed by atoms with Crippen molar-refractivity contribution in [2.24, 2.45) is 7.05 Å². The number of aromatic nitrogens is 2. The first kappa shape index (κ1) is 16.3. The number of nitrogens with zero attached hydrogens (tertiary/aromatic N) is 2. The average molecular weight is 349 g/mol. The topological polar surface area (TPSA) is 61.2 Å². The third-order valence-electron chi connectivity index (χ3n) is 2.15.